The first-order chi connectivity index (χ1) is 18.1. The molecule has 38 heavy (non-hydrogen) atoms. The van der Waals surface area contributed by atoms with Crippen molar-refractivity contribution in [3.63, 3.8) is 0 Å². The number of carbonyl (C=O) groups is 3. The van der Waals surface area contributed by atoms with E-state index in [2.05, 4.69) is 0 Å². The summed E-state index contributed by atoms with van der Waals surface area (Å²) in [7, 11) is 1.36. The van der Waals surface area contributed by atoms with E-state index >= 15 is 0 Å². The summed E-state index contributed by atoms with van der Waals surface area (Å²) >= 11 is 0. The number of likely N-dealkylation sites (tertiary alicyclic amines) is 1. The fraction of sp³-hybridized carbons (Fsp3) is 0.233. The molecule has 8 heteroatoms. The molecule has 1 atom stereocenters. The quantitative estimate of drug-likeness (QED) is 0.197. The SMILES string of the molecule is COc1ccc(F)cc1/C(O)=C1\C(=O)C(=O)N(Cc2ccc(C(=O)OC(C)C)cc2)C1c1cccc(C)c1. The minimum atomic E-state index is -0.937. The molecular weight excluding hydrogens is 489 g/mol. The third-order valence-corrected chi connectivity index (χ3v) is 6.20. The van der Waals surface area contributed by atoms with Crippen molar-refractivity contribution in [2.24, 2.45) is 0 Å². The first-order valence-electron chi connectivity index (χ1n) is 12.1. The number of hydrogen-bond acceptors (Lipinski definition) is 6. The van der Waals surface area contributed by atoms with Crippen LogP contribution in [0.3, 0.4) is 0 Å². The summed E-state index contributed by atoms with van der Waals surface area (Å²) in [5.74, 6) is -3.17. The zero-order valence-corrected chi connectivity index (χ0v) is 21.5. The van der Waals surface area contributed by atoms with Crippen LogP contribution < -0.4 is 4.74 Å². The van der Waals surface area contributed by atoms with Gasteiger partial charge in [-0.1, -0.05) is 42.0 Å². The molecule has 1 amide bonds. The minimum absolute atomic E-state index is 0.0275. The van der Waals surface area contributed by atoms with Crippen LogP contribution in [0.25, 0.3) is 5.76 Å². The molecule has 0 spiro atoms. The second-order valence-corrected chi connectivity index (χ2v) is 9.34. The van der Waals surface area contributed by atoms with Crippen molar-refractivity contribution in [1.29, 1.82) is 0 Å². The number of halogens is 1. The first kappa shape index (κ1) is 26.6. The van der Waals surface area contributed by atoms with Crippen LogP contribution in [0.5, 0.6) is 5.75 Å². The zero-order chi connectivity index (χ0) is 27.6. The summed E-state index contributed by atoms with van der Waals surface area (Å²) < 4.78 is 24.6. The Hall–Kier alpha value is -4.46. The Balaban J connectivity index is 1.79. The molecule has 1 aliphatic heterocycles. The van der Waals surface area contributed by atoms with Crippen molar-refractivity contribution in [2.75, 3.05) is 7.11 Å². The number of methoxy groups -OCH3 is 1. The Bertz CT molecular complexity index is 1430. The molecule has 1 fully saturated rings. The number of nitrogens with zero attached hydrogens (tertiary/aromatic N) is 1. The molecule has 196 valence electrons. The smallest absolute Gasteiger partial charge is 0.338 e. The van der Waals surface area contributed by atoms with Crippen molar-refractivity contribution >= 4 is 23.4 Å². The van der Waals surface area contributed by atoms with Gasteiger partial charge in [0.05, 0.1) is 36.0 Å². The van der Waals surface area contributed by atoms with Gasteiger partial charge in [0.1, 0.15) is 17.3 Å². The number of esters is 1. The third kappa shape index (κ3) is 5.29. The average Bonchev–Trinajstić information content (AvgIpc) is 3.13. The maximum atomic E-state index is 14.1. The van der Waals surface area contributed by atoms with E-state index in [-0.39, 0.29) is 29.5 Å². The number of aliphatic hydroxyl groups is 1. The van der Waals surface area contributed by atoms with Gasteiger partial charge in [-0.25, -0.2) is 9.18 Å². The zero-order valence-electron chi connectivity index (χ0n) is 21.5. The van der Waals surface area contributed by atoms with Crippen LogP contribution >= 0.6 is 0 Å². The molecular formula is C30H28FNO6. The summed E-state index contributed by atoms with van der Waals surface area (Å²) in [5.41, 5.74) is 2.33. The van der Waals surface area contributed by atoms with Crippen molar-refractivity contribution in [3.8, 4) is 5.75 Å². The molecule has 3 aromatic rings. The normalized spacial score (nSPS) is 16.7. The molecule has 0 saturated carbocycles. The maximum Gasteiger partial charge on any atom is 0.338 e. The van der Waals surface area contributed by atoms with Crippen molar-refractivity contribution < 1.29 is 33.4 Å². The molecule has 0 aliphatic carbocycles. The van der Waals surface area contributed by atoms with Crippen LogP contribution in [0.1, 0.15) is 52.5 Å². The summed E-state index contributed by atoms with van der Waals surface area (Å²) in [5, 5.41) is 11.3. The van der Waals surface area contributed by atoms with E-state index in [0.717, 1.165) is 11.6 Å². The number of benzene rings is 3. The highest BCUT2D eigenvalue weighted by molar-refractivity contribution is 6.46. The number of Topliss-reactive ketones (excluding diaryl/α,β-unsaturated/α-hetero) is 1. The largest absolute Gasteiger partial charge is 0.507 e. The monoisotopic (exact) mass is 517 g/mol. The molecule has 4 rings (SSSR count). The number of aliphatic hydroxyl groups excluding tert-OH is 1. The lowest BCUT2D eigenvalue weighted by Gasteiger charge is -2.26. The first-order valence-corrected chi connectivity index (χ1v) is 12.1. The van der Waals surface area contributed by atoms with E-state index in [9.17, 15) is 23.9 Å². The van der Waals surface area contributed by atoms with Gasteiger partial charge < -0.3 is 19.5 Å². The van der Waals surface area contributed by atoms with Crippen LogP contribution in [-0.4, -0.2) is 40.9 Å². The lowest BCUT2D eigenvalue weighted by atomic mass is 9.94. The predicted octanol–water partition coefficient (Wildman–Crippen LogP) is 5.33. The van der Waals surface area contributed by atoms with Crippen molar-refractivity contribution in [3.05, 3.63) is 106 Å². The summed E-state index contributed by atoms with van der Waals surface area (Å²) in [6, 6.07) is 16.4. The van der Waals surface area contributed by atoms with Crippen LogP contribution in [-0.2, 0) is 20.9 Å². The summed E-state index contributed by atoms with van der Waals surface area (Å²) in [6.45, 7) is 5.42. The molecule has 1 N–H and O–H groups in total. The lowest BCUT2D eigenvalue weighted by molar-refractivity contribution is -0.140. The highest BCUT2D eigenvalue weighted by atomic mass is 19.1. The molecule has 1 saturated heterocycles. The fourth-order valence-electron chi connectivity index (χ4n) is 4.47. The van der Waals surface area contributed by atoms with Gasteiger partial charge in [0, 0.05) is 6.54 Å². The van der Waals surface area contributed by atoms with Crippen molar-refractivity contribution in [1.82, 2.24) is 4.90 Å². The van der Waals surface area contributed by atoms with E-state index in [1.54, 1.807) is 50.2 Å². The summed E-state index contributed by atoms with van der Waals surface area (Å²) in [4.78, 5) is 40.2. The van der Waals surface area contributed by atoms with Gasteiger partial charge >= 0.3 is 5.97 Å². The van der Waals surface area contributed by atoms with Gasteiger partial charge in [-0.05, 0) is 62.2 Å². The number of ether oxygens (including phenoxy) is 2. The highest BCUT2D eigenvalue weighted by Crippen LogP contribution is 2.42. The van der Waals surface area contributed by atoms with Gasteiger partial charge in [-0.3, -0.25) is 9.59 Å². The number of ketones is 1. The molecule has 0 radical (unpaired) electrons. The third-order valence-electron chi connectivity index (χ3n) is 6.20. The molecule has 1 unspecified atom stereocenters. The van der Waals surface area contributed by atoms with E-state index in [1.165, 1.54) is 24.1 Å². The standard InChI is InChI=1S/C30H28FNO6/c1-17(2)38-30(36)20-10-8-19(9-11-20)16-32-26(21-7-5-6-18(3)14-21)25(28(34)29(32)35)27(33)23-15-22(31)12-13-24(23)37-4/h5-15,17,26,33H,16H2,1-4H3/b27-25+. The van der Waals surface area contributed by atoms with E-state index in [4.69, 9.17) is 9.47 Å². The second kappa shape index (κ2) is 10.9. The van der Waals surface area contributed by atoms with Crippen molar-refractivity contribution in [2.45, 2.75) is 39.5 Å². The van der Waals surface area contributed by atoms with Gasteiger partial charge in [0.2, 0.25) is 0 Å². The predicted molar refractivity (Wildman–Crippen MR) is 139 cm³/mol. The molecule has 1 heterocycles. The molecule has 7 nitrogen and oxygen atoms in total. The van der Waals surface area contributed by atoms with E-state index < -0.39 is 35.3 Å². The van der Waals surface area contributed by atoms with Crippen LogP contribution in [0.4, 0.5) is 4.39 Å². The van der Waals surface area contributed by atoms with Gasteiger partial charge in [0.15, 0.2) is 0 Å². The fourth-order valence-corrected chi connectivity index (χ4v) is 4.47. The molecule has 0 bridgehead atoms. The minimum Gasteiger partial charge on any atom is -0.507 e. The second-order valence-electron chi connectivity index (χ2n) is 9.34. The Labute approximate surface area is 220 Å². The summed E-state index contributed by atoms with van der Waals surface area (Å²) in [6.07, 6.45) is -0.264. The van der Waals surface area contributed by atoms with Crippen LogP contribution in [0, 0.1) is 12.7 Å². The van der Waals surface area contributed by atoms with E-state index in [0.29, 0.717) is 16.7 Å². The van der Waals surface area contributed by atoms with Gasteiger partial charge in [0.25, 0.3) is 11.7 Å². The van der Waals surface area contributed by atoms with Crippen LogP contribution in [0.15, 0.2) is 72.3 Å². The Morgan fingerprint density at radius 1 is 1.05 bits per heavy atom. The number of aryl methyl sites for hydroxylation is 1. The number of carbonyl (C=O) groups excluding carboxylic acids is 3. The topological polar surface area (TPSA) is 93.1 Å². The molecule has 1 aliphatic rings. The number of amides is 1. The molecule has 0 aromatic heterocycles. The maximum absolute atomic E-state index is 14.1. The molecule has 3 aromatic carbocycles. The Morgan fingerprint density at radius 3 is 2.39 bits per heavy atom. The van der Waals surface area contributed by atoms with Gasteiger partial charge in [-0.2, -0.15) is 0 Å². The Kier molecular flexibility index (Phi) is 7.62. The van der Waals surface area contributed by atoms with Crippen LogP contribution in [0.2, 0.25) is 0 Å². The highest BCUT2D eigenvalue weighted by Gasteiger charge is 2.46. The average molecular weight is 518 g/mol. The van der Waals surface area contributed by atoms with Gasteiger partial charge in [-0.15, -0.1) is 0 Å². The number of hydrogen-bond donors (Lipinski definition) is 1. The Morgan fingerprint density at radius 2 is 1.76 bits per heavy atom. The lowest BCUT2D eigenvalue weighted by Crippen LogP contribution is -2.29. The number of rotatable bonds is 7. The van der Waals surface area contributed by atoms with E-state index in [1.807, 2.05) is 19.1 Å².